The number of aromatic amines is 1. The zero-order valence-electron chi connectivity index (χ0n) is 31.8. The standard InChI is InChI=1S/C36H46F5N5O8/c1-11-12-20(16-50-10)46(33(49)54-35(7,8)9)15-23-18(3)51-31-25-24(17(2)30(47)45-29(25)43-23)26(38)27(44-31)21-13-19(42-32(48)53-34(4,5)6)14-22(37)28(21)52-36(39,40)41/h13-14,18,20,23H,11-12,15-16H2,1-10H3,(H,42,48)(H2,43,45,47). The van der Waals surface area contributed by atoms with Crippen molar-refractivity contribution < 1.29 is 55.2 Å². The van der Waals surface area contributed by atoms with E-state index >= 15 is 8.78 Å². The van der Waals surface area contributed by atoms with E-state index in [1.807, 2.05) is 6.92 Å². The Kier molecular flexibility index (Phi) is 12.3. The van der Waals surface area contributed by atoms with Crippen LogP contribution in [-0.4, -0.2) is 83.1 Å². The molecular weight excluding hydrogens is 725 g/mol. The number of anilines is 2. The number of pyridine rings is 2. The Labute approximate surface area is 308 Å². The fraction of sp³-hybridized carbons (Fsp3) is 0.556. The number of aryl methyl sites for hydroxylation is 1. The van der Waals surface area contributed by atoms with Gasteiger partial charge in [-0.3, -0.25) is 10.1 Å². The molecule has 298 valence electrons. The van der Waals surface area contributed by atoms with E-state index in [4.69, 9.17) is 18.9 Å². The van der Waals surface area contributed by atoms with Crippen molar-refractivity contribution in [2.75, 3.05) is 30.9 Å². The fourth-order valence-electron chi connectivity index (χ4n) is 5.88. The van der Waals surface area contributed by atoms with Gasteiger partial charge < -0.3 is 38.9 Å². The summed E-state index contributed by atoms with van der Waals surface area (Å²) >= 11 is 0. The van der Waals surface area contributed by atoms with Crippen molar-refractivity contribution in [3.8, 4) is 22.9 Å². The Bertz CT molecular complexity index is 1930. The highest BCUT2D eigenvalue weighted by atomic mass is 19.4. The molecule has 0 spiro atoms. The predicted octanol–water partition coefficient (Wildman–Crippen LogP) is 8.04. The topological polar surface area (TPSA) is 153 Å². The highest BCUT2D eigenvalue weighted by molar-refractivity contribution is 6.01. The molecule has 4 rings (SSSR count). The highest BCUT2D eigenvalue weighted by Gasteiger charge is 2.38. The van der Waals surface area contributed by atoms with Crippen LogP contribution in [-0.2, 0) is 14.2 Å². The molecule has 0 saturated carbocycles. The first kappa shape index (κ1) is 41.9. The second-order valence-electron chi connectivity index (χ2n) is 14.9. The van der Waals surface area contributed by atoms with Gasteiger partial charge in [-0.15, -0.1) is 13.2 Å². The van der Waals surface area contributed by atoms with Gasteiger partial charge in [0.2, 0.25) is 5.88 Å². The third-order valence-electron chi connectivity index (χ3n) is 8.11. The maximum atomic E-state index is 16.8. The number of nitrogens with one attached hydrogen (secondary N) is 3. The van der Waals surface area contributed by atoms with Gasteiger partial charge in [-0.05, 0) is 67.9 Å². The summed E-state index contributed by atoms with van der Waals surface area (Å²) in [6.07, 6.45) is -6.84. The summed E-state index contributed by atoms with van der Waals surface area (Å²) in [7, 11) is 1.49. The van der Waals surface area contributed by atoms with Gasteiger partial charge in [-0.25, -0.2) is 23.4 Å². The second kappa shape index (κ2) is 15.8. The van der Waals surface area contributed by atoms with E-state index < -0.39 is 93.2 Å². The molecule has 0 fully saturated rings. The fourth-order valence-corrected chi connectivity index (χ4v) is 5.88. The number of alkyl halides is 3. The molecule has 0 radical (unpaired) electrons. The Hall–Kier alpha value is -4.87. The first-order chi connectivity index (χ1) is 24.9. The summed E-state index contributed by atoms with van der Waals surface area (Å²) in [6, 6.07) is 0.0942. The van der Waals surface area contributed by atoms with E-state index in [2.05, 4.69) is 25.3 Å². The molecule has 2 amide bonds. The third kappa shape index (κ3) is 10.0. The summed E-state index contributed by atoms with van der Waals surface area (Å²) in [5.41, 5.74) is -4.98. The molecule has 54 heavy (non-hydrogen) atoms. The lowest BCUT2D eigenvalue weighted by molar-refractivity contribution is -0.275. The second-order valence-corrected chi connectivity index (χ2v) is 14.9. The molecule has 18 heteroatoms. The van der Waals surface area contributed by atoms with E-state index in [0.29, 0.717) is 18.9 Å². The number of carbonyl (C=O) groups is 2. The molecule has 3 heterocycles. The molecule has 3 unspecified atom stereocenters. The van der Waals surface area contributed by atoms with Crippen LogP contribution in [0.3, 0.4) is 0 Å². The molecule has 13 nitrogen and oxygen atoms in total. The van der Waals surface area contributed by atoms with Gasteiger partial charge in [0, 0.05) is 36.4 Å². The number of rotatable bonds is 10. The molecular formula is C36H46F5N5O8. The molecule has 0 bridgehead atoms. The monoisotopic (exact) mass is 771 g/mol. The number of aromatic nitrogens is 2. The van der Waals surface area contributed by atoms with Crippen LogP contribution in [0.25, 0.3) is 22.0 Å². The average Bonchev–Trinajstić information content (AvgIpc) is 3.13. The van der Waals surface area contributed by atoms with Crippen LogP contribution in [0, 0.1) is 18.6 Å². The van der Waals surface area contributed by atoms with Gasteiger partial charge in [0.15, 0.2) is 17.4 Å². The number of H-pyrrole nitrogens is 1. The van der Waals surface area contributed by atoms with Crippen LogP contribution in [0.1, 0.15) is 73.8 Å². The number of carbonyl (C=O) groups excluding carboxylic acids is 2. The van der Waals surface area contributed by atoms with E-state index in [1.54, 1.807) is 48.5 Å². The zero-order valence-corrected chi connectivity index (χ0v) is 31.8. The number of benzene rings is 1. The van der Waals surface area contributed by atoms with Crippen LogP contribution >= 0.6 is 0 Å². The van der Waals surface area contributed by atoms with Crippen molar-refractivity contribution in [2.24, 2.45) is 0 Å². The van der Waals surface area contributed by atoms with Crippen molar-refractivity contribution in [3.63, 3.8) is 0 Å². The van der Waals surface area contributed by atoms with E-state index in [9.17, 15) is 27.6 Å². The Balaban J connectivity index is 1.91. The highest BCUT2D eigenvalue weighted by Crippen LogP contribution is 2.44. The number of hydrogen-bond acceptors (Lipinski definition) is 10. The van der Waals surface area contributed by atoms with Crippen LogP contribution < -0.4 is 25.7 Å². The minimum absolute atomic E-state index is 0.0517. The van der Waals surface area contributed by atoms with Crippen molar-refractivity contribution >= 4 is 34.5 Å². The summed E-state index contributed by atoms with van der Waals surface area (Å²) < 4.78 is 99.7. The minimum Gasteiger partial charge on any atom is -0.472 e. The zero-order chi connectivity index (χ0) is 40.5. The summed E-state index contributed by atoms with van der Waals surface area (Å²) in [4.78, 5) is 47.8. The number of halogens is 5. The predicted molar refractivity (Wildman–Crippen MR) is 190 cm³/mol. The van der Waals surface area contributed by atoms with Gasteiger partial charge in [0.1, 0.15) is 28.8 Å². The molecule has 1 aliphatic heterocycles. The van der Waals surface area contributed by atoms with Crippen LogP contribution in [0.5, 0.6) is 11.6 Å². The molecule has 0 aliphatic carbocycles. The number of methoxy groups -OCH3 is 1. The SMILES string of the molecule is CCCC(COC)N(CC1Nc2[nH]c(=O)c(C)c3c(F)c(-c4cc(NC(=O)OC(C)(C)C)cc(F)c4OC(F)(F)F)nc(c23)OC1C)C(=O)OC(C)(C)C. The van der Waals surface area contributed by atoms with E-state index in [0.717, 1.165) is 6.07 Å². The molecule has 1 aromatic carbocycles. The lowest BCUT2D eigenvalue weighted by atomic mass is 10.0. The van der Waals surface area contributed by atoms with Gasteiger partial charge in [-0.1, -0.05) is 13.3 Å². The van der Waals surface area contributed by atoms with Crippen molar-refractivity contribution in [1.29, 1.82) is 0 Å². The van der Waals surface area contributed by atoms with Crippen LogP contribution in [0.2, 0.25) is 0 Å². The minimum atomic E-state index is -5.43. The molecule has 3 atom stereocenters. The quantitative estimate of drug-likeness (QED) is 0.173. The first-order valence-corrected chi connectivity index (χ1v) is 17.2. The molecule has 0 saturated heterocycles. The average molecular weight is 772 g/mol. The maximum Gasteiger partial charge on any atom is 0.573 e. The Morgan fingerprint density at radius 3 is 2.28 bits per heavy atom. The van der Waals surface area contributed by atoms with Crippen LogP contribution in [0.4, 0.5) is 43.0 Å². The summed E-state index contributed by atoms with van der Waals surface area (Å²) in [5, 5.41) is 4.89. The van der Waals surface area contributed by atoms with Crippen LogP contribution in [0.15, 0.2) is 16.9 Å². The van der Waals surface area contributed by atoms with E-state index in [-0.39, 0.29) is 35.8 Å². The smallest absolute Gasteiger partial charge is 0.472 e. The summed E-state index contributed by atoms with van der Waals surface area (Å²) in [5.74, 6) is -4.78. The molecule has 3 N–H and O–H groups in total. The number of nitrogens with zero attached hydrogens (tertiary/aromatic N) is 2. The molecule has 1 aliphatic rings. The Morgan fingerprint density at radius 1 is 1.06 bits per heavy atom. The van der Waals surface area contributed by atoms with Crippen molar-refractivity contribution in [2.45, 2.75) is 111 Å². The van der Waals surface area contributed by atoms with Gasteiger partial charge in [0.05, 0.1) is 29.6 Å². The lowest BCUT2D eigenvalue weighted by Crippen LogP contribution is -2.53. The number of hydrogen-bond donors (Lipinski definition) is 3. The summed E-state index contributed by atoms with van der Waals surface area (Å²) in [6.45, 7) is 14.7. The van der Waals surface area contributed by atoms with E-state index in [1.165, 1.54) is 18.9 Å². The van der Waals surface area contributed by atoms with Gasteiger partial charge in [0.25, 0.3) is 5.56 Å². The third-order valence-corrected chi connectivity index (χ3v) is 8.11. The number of ether oxygens (including phenoxy) is 5. The van der Waals surface area contributed by atoms with Crippen molar-refractivity contribution in [1.82, 2.24) is 14.9 Å². The lowest BCUT2D eigenvalue weighted by Gasteiger charge is -2.36. The number of amides is 2. The first-order valence-electron chi connectivity index (χ1n) is 17.2. The normalized spacial score (nSPS) is 16.5. The largest absolute Gasteiger partial charge is 0.573 e. The Morgan fingerprint density at radius 2 is 1.70 bits per heavy atom. The maximum absolute atomic E-state index is 16.8. The van der Waals surface area contributed by atoms with Crippen molar-refractivity contribution in [3.05, 3.63) is 39.7 Å². The van der Waals surface area contributed by atoms with Gasteiger partial charge >= 0.3 is 18.5 Å². The molecule has 2 aromatic heterocycles. The molecule has 3 aromatic rings. The van der Waals surface area contributed by atoms with Gasteiger partial charge in [-0.2, -0.15) is 0 Å².